The van der Waals surface area contributed by atoms with Gasteiger partial charge in [0, 0.05) is 5.75 Å². The van der Waals surface area contributed by atoms with Crippen LogP contribution in [0.15, 0.2) is 0 Å². The van der Waals surface area contributed by atoms with E-state index in [1.54, 1.807) is 0 Å². The van der Waals surface area contributed by atoms with Crippen LogP contribution < -0.4 is 4.52 Å². The Kier molecular flexibility index (Phi) is 4.08. The van der Waals surface area contributed by atoms with Gasteiger partial charge in [-0.3, -0.25) is 4.52 Å². The van der Waals surface area contributed by atoms with Crippen molar-refractivity contribution in [3.8, 4) is 5.75 Å². The Balaban J connectivity index is 2.43. The van der Waals surface area contributed by atoms with Gasteiger partial charge in [-0.15, -0.1) is 0 Å². The highest BCUT2D eigenvalue weighted by molar-refractivity contribution is 8.55. The van der Waals surface area contributed by atoms with Gasteiger partial charge < -0.3 is 4.52 Å². The Bertz CT molecular complexity index is 528. The number of halogens is 5. The van der Waals surface area contributed by atoms with E-state index in [4.69, 9.17) is 4.52 Å². The fourth-order valence-corrected chi connectivity index (χ4v) is 4.55. The van der Waals surface area contributed by atoms with Gasteiger partial charge in [-0.05, 0) is 17.8 Å². The van der Waals surface area contributed by atoms with E-state index >= 15 is 0 Å². The number of benzene rings is 1. The lowest BCUT2D eigenvalue weighted by atomic mass is 10.3. The molecule has 1 heterocycles. The van der Waals surface area contributed by atoms with E-state index in [1.807, 2.05) is 0 Å². The average Bonchev–Trinajstić information content (AvgIpc) is 2.40. The van der Waals surface area contributed by atoms with E-state index < -0.39 is 41.6 Å². The largest absolute Gasteiger partial charge is 0.440 e. The van der Waals surface area contributed by atoms with Crippen molar-refractivity contribution in [2.75, 3.05) is 12.4 Å². The molecule has 1 fully saturated rings. The summed E-state index contributed by atoms with van der Waals surface area (Å²) in [5.74, 6) is -12.3. The van der Waals surface area contributed by atoms with Gasteiger partial charge >= 0.3 is 6.80 Å². The lowest BCUT2D eigenvalue weighted by Gasteiger charge is -2.22. The summed E-state index contributed by atoms with van der Waals surface area (Å²) in [5.41, 5.74) is 0. The molecule has 1 aromatic carbocycles. The summed E-state index contributed by atoms with van der Waals surface area (Å²) >= 11 is 0.633. The number of hydrogen-bond donors (Lipinski definition) is 0. The van der Waals surface area contributed by atoms with Gasteiger partial charge in [0.2, 0.25) is 34.8 Å². The van der Waals surface area contributed by atoms with Gasteiger partial charge in [0.05, 0.1) is 6.61 Å². The van der Waals surface area contributed by atoms with Gasteiger partial charge in [-0.25, -0.2) is 17.7 Å². The lowest BCUT2D eigenvalue weighted by Crippen LogP contribution is -2.09. The third kappa shape index (κ3) is 2.73. The molecule has 1 aliphatic heterocycles. The van der Waals surface area contributed by atoms with Crippen LogP contribution in [0, 0.1) is 29.1 Å². The van der Waals surface area contributed by atoms with Crippen LogP contribution in [0.2, 0.25) is 0 Å². The van der Waals surface area contributed by atoms with Gasteiger partial charge in [0.25, 0.3) is 0 Å². The summed E-state index contributed by atoms with van der Waals surface area (Å²) in [6.07, 6.45) is 0.537. The Morgan fingerprint density at radius 3 is 2.00 bits per heavy atom. The molecular weight excluding hydrogens is 314 g/mol. The molecule has 1 aliphatic rings. The molecule has 0 spiro atoms. The molecule has 0 saturated carbocycles. The number of hydrogen-bond acceptors (Lipinski definition) is 4. The van der Waals surface area contributed by atoms with Crippen molar-refractivity contribution in [2.24, 2.45) is 0 Å². The van der Waals surface area contributed by atoms with E-state index in [-0.39, 0.29) is 6.61 Å². The van der Waals surface area contributed by atoms with Crippen LogP contribution in [-0.2, 0) is 9.09 Å². The van der Waals surface area contributed by atoms with Gasteiger partial charge in [-0.1, -0.05) is 0 Å². The van der Waals surface area contributed by atoms with E-state index in [0.29, 0.717) is 23.6 Å². The molecule has 0 radical (unpaired) electrons. The summed E-state index contributed by atoms with van der Waals surface area (Å²) in [4.78, 5) is 0. The van der Waals surface area contributed by atoms with Crippen molar-refractivity contribution in [1.82, 2.24) is 0 Å². The van der Waals surface area contributed by atoms with E-state index in [9.17, 15) is 26.5 Å². The minimum atomic E-state index is -3.96. The first kappa shape index (κ1) is 14.6. The molecule has 0 N–H and O–H groups in total. The zero-order chi connectivity index (χ0) is 14.2. The van der Waals surface area contributed by atoms with Crippen LogP contribution in [0.4, 0.5) is 22.0 Å². The summed E-state index contributed by atoms with van der Waals surface area (Å²) in [6, 6.07) is 0. The smallest absolute Gasteiger partial charge is 0.410 e. The van der Waals surface area contributed by atoms with E-state index in [2.05, 4.69) is 4.52 Å². The Morgan fingerprint density at radius 2 is 1.53 bits per heavy atom. The van der Waals surface area contributed by atoms with Gasteiger partial charge in [0.15, 0.2) is 0 Å². The maximum absolute atomic E-state index is 13.3. The van der Waals surface area contributed by atoms with Crippen molar-refractivity contribution in [1.29, 1.82) is 0 Å². The molecule has 106 valence electrons. The number of rotatable bonds is 2. The molecule has 1 aromatic rings. The monoisotopic (exact) mass is 320 g/mol. The third-order valence-electron chi connectivity index (χ3n) is 2.16. The topological polar surface area (TPSA) is 35.5 Å². The summed E-state index contributed by atoms with van der Waals surface area (Å²) < 4.78 is 86.2. The summed E-state index contributed by atoms with van der Waals surface area (Å²) in [6.45, 7) is -3.95. The molecule has 1 saturated heterocycles. The van der Waals surface area contributed by atoms with Crippen LogP contribution >= 0.6 is 18.2 Å². The van der Waals surface area contributed by atoms with Crippen LogP contribution in [0.3, 0.4) is 0 Å². The highest BCUT2D eigenvalue weighted by Gasteiger charge is 2.36. The minimum absolute atomic E-state index is 0.0136. The quantitative estimate of drug-likeness (QED) is 0.357. The Morgan fingerprint density at radius 1 is 1.00 bits per heavy atom. The molecule has 3 nitrogen and oxygen atoms in total. The lowest BCUT2D eigenvalue weighted by molar-refractivity contribution is 0.265. The normalized spacial score (nSPS) is 23.4. The Labute approximate surface area is 108 Å². The molecule has 0 aromatic heterocycles. The predicted octanol–water partition coefficient (Wildman–Crippen LogP) is 4.02. The third-order valence-corrected chi connectivity index (χ3v) is 5.89. The molecule has 0 amide bonds. The molecule has 1 unspecified atom stereocenters. The van der Waals surface area contributed by atoms with Gasteiger partial charge in [-0.2, -0.15) is 8.78 Å². The minimum Gasteiger partial charge on any atom is -0.410 e. The maximum Gasteiger partial charge on any atom is 0.440 e. The van der Waals surface area contributed by atoms with E-state index in [0.717, 1.165) is 0 Å². The van der Waals surface area contributed by atoms with Crippen molar-refractivity contribution < 1.29 is 35.6 Å². The fraction of sp³-hybridized carbons (Fsp3) is 0.333. The highest BCUT2D eigenvalue weighted by atomic mass is 32.7. The second-order valence-corrected chi connectivity index (χ2v) is 7.58. The van der Waals surface area contributed by atoms with E-state index in [1.165, 1.54) is 0 Å². The average molecular weight is 320 g/mol. The highest BCUT2D eigenvalue weighted by Crippen LogP contribution is 2.62. The van der Waals surface area contributed by atoms with Crippen molar-refractivity contribution in [2.45, 2.75) is 6.42 Å². The van der Waals surface area contributed by atoms with Crippen LogP contribution in [0.25, 0.3) is 0 Å². The molecule has 2 rings (SSSR count). The first-order valence-corrected chi connectivity index (χ1v) is 8.09. The summed E-state index contributed by atoms with van der Waals surface area (Å²) in [5, 5.41) is 0. The molecule has 19 heavy (non-hydrogen) atoms. The first-order chi connectivity index (χ1) is 8.86. The molecule has 10 heteroatoms. The van der Waals surface area contributed by atoms with Gasteiger partial charge in [0.1, 0.15) is 0 Å². The second-order valence-electron chi connectivity index (χ2n) is 3.46. The standard InChI is InChI=1S/C9H6F5O3PS/c10-4-5(11)7(13)9(8(14)6(4)12)17-18(15)16-2-1-3-19-18/h1-3H2. The molecule has 1 atom stereocenters. The van der Waals surface area contributed by atoms with Crippen molar-refractivity contribution >= 4 is 18.2 Å². The fourth-order valence-electron chi connectivity index (χ4n) is 1.28. The Hall–Kier alpha value is -0.790. The second kappa shape index (κ2) is 5.30. The maximum atomic E-state index is 13.3. The zero-order valence-electron chi connectivity index (χ0n) is 9.09. The van der Waals surface area contributed by atoms with Crippen molar-refractivity contribution in [3.63, 3.8) is 0 Å². The van der Waals surface area contributed by atoms with Crippen LogP contribution in [0.1, 0.15) is 6.42 Å². The predicted molar refractivity (Wildman–Crippen MR) is 57.5 cm³/mol. The molecule has 0 aliphatic carbocycles. The SMILES string of the molecule is O=P1(Oc2c(F)c(F)c(F)c(F)c2F)OCCCS1. The molecule has 0 bridgehead atoms. The first-order valence-electron chi connectivity index (χ1n) is 4.96. The summed E-state index contributed by atoms with van der Waals surface area (Å²) in [7, 11) is 0. The zero-order valence-corrected chi connectivity index (χ0v) is 10.8. The van der Waals surface area contributed by atoms with Crippen LogP contribution in [0.5, 0.6) is 5.75 Å². The van der Waals surface area contributed by atoms with Crippen LogP contribution in [-0.4, -0.2) is 12.4 Å². The molecular formula is C9H6F5O3PS. The van der Waals surface area contributed by atoms with Crippen molar-refractivity contribution in [3.05, 3.63) is 29.1 Å².